The molecule has 0 amide bonds. The van der Waals surface area contributed by atoms with Gasteiger partial charge in [0.25, 0.3) is 0 Å². The molecule has 2 aromatic carbocycles. The average Bonchev–Trinajstić information content (AvgIpc) is 2.30. The number of nitrogens with two attached hydrogens (primary N) is 1. The molecule has 3 nitrogen and oxygen atoms in total. The van der Waals surface area contributed by atoms with E-state index < -0.39 is 0 Å². The molecule has 0 aromatic heterocycles. The van der Waals surface area contributed by atoms with Crippen LogP contribution in [0.1, 0.15) is 0 Å². The van der Waals surface area contributed by atoms with Gasteiger partial charge in [0.05, 0.1) is 0 Å². The Morgan fingerprint density at radius 2 is 1.65 bits per heavy atom. The van der Waals surface area contributed by atoms with E-state index in [1.54, 1.807) is 12.1 Å². The first-order valence-corrected chi connectivity index (χ1v) is 5.44. The van der Waals surface area contributed by atoms with Gasteiger partial charge in [0.15, 0.2) is 0 Å². The van der Waals surface area contributed by atoms with Gasteiger partial charge in [0.1, 0.15) is 5.75 Å². The highest BCUT2D eigenvalue weighted by Crippen LogP contribution is 2.33. The van der Waals surface area contributed by atoms with E-state index in [0.29, 0.717) is 0 Å². The van der Waals surface area contributed by atoms with Crippen molar-refractivity contribution < 1.29 is 5.11 Å². The summed E-state index contributed by atoms with van der Waals surface area (Å²) in [5.41, 5.74) is 9.57. The van der Waals surface area contributed by atoms with Gasteiger partial charge >= 0.3 is 0 Å². The van der Waals surface area contributed by atoms with Crippen molar-refractivity contribution in [2.45, 2.75) is 0 Å². The fourth-order valence-electron chi connectivity index (χ4n) is 1.80. The molecule has 0 atom stereocenters. The molecule has 0 fully saturated rings. The van der Waals surface area contributed by atoms with E-state index in [9.17, 15) is 5.11 Å². The molecular formula is C14H16N2O. The lowest BCUT2D eigenvalue weighted by atomic mass is 10.0. The lowest BCUT2D eigenvalue weighted by Crippen LogP contribution is -2.09. The zero-order valence-corrected chi connectivity index (χ0v) is 10.0. The minimum absolute atomic E-state index is 0.271. The van der Waals surface area contributed by atoms with E-state index in [-0.39, 0.29) is 5.75 Å². The Labute approximate surface area is 101 Å². The van der Waals surface area contributed by atoms with Crippen LogP contribution in [0.5, 0.6) is 5.75 Å². The molecule has 0 radical (unpaired) electrons. The van der Waals surface area contributed by atoms with Crippen molar-refractivity contribution in [2.24, 2.45) is 0 Å². The van der Waals surface area contributed by atoms with Crippen LogP contribution in [0.2, 0.25) is 0 Å². The summed E-state index contributed by atoms with van der Waals surface area (Å²) in [6.45, 7) is 0. The molecule has 0 aliphatic carbocycles. The molecule has 0 bridgehead atoms. The number of nitrogen functional groups attached to an aromatic ring is 1. The van der Waals surface area contributed by atoms with E-state index in [1.807, 2.05) is 49.3 Å². The molecule has 0 saturated carbocycles. The van der Waals surface area contributed by atoms with Crippen LogP contribution in [-0.4, -0.2) is 19.2 Å². The van der Waals surface area contributed by atoms with E-state index in [1.165, 1.54) is 0 Å². The van der Waals surface area contributed by atoms with Crippen molar-refractivity contribution in [2.75, 3.05) is 24.7 Å². The number of phenols is 1. The maximum Gasteiger partial charge on any atom is 0.117 e. The number of nitrogens with zero attached hydrogens (tertiary/aromatic N) is 1. The molecule has 3 heteroatoms. The number of phenolic OH excluding ortho intramolecular Hbond substituents is 1. The zero-order chi connectivity index (χ0) is 12.4. The molecule has 0 heterocycles. The average molecular weight is 228 g/mol. The molecule has 88 valence electrons. The standard InChI is InChI=1S/C14H16N2O/c1-16(2)14-9-12(17)7-8-13(14)10-3-5-11(15)6-4-10/h3-9,17H,15H2,1-2H3. The number of aromatic hydroxyl groups is 1. The first-order chi connectivity index (χ1) is 8.08. The highest BCUT2D eigenvalue weighted by molar-refractivity contribution is 5.80. The second-order valence-corrected chi connectivity index (χ2v) is 4.22. The molecule has 0 spiro atoms. The van der Waals surface area contributed by atoms with Crippen LogP contribution in [0.25, 0.3) is 11.1 Å². The van der Waals surface area contributed by atoms with Crippen LogP contribution < -0.4 is 10.6 Å². The quantitative estimate of drug-likeness (QED) is 0.777. The summed E-state index contributed by atoms with van der Waals surface area (Å²) in [6.07, 6.45) is 0. The van der Waals surface area contributed by atoms with Crippen molar-refractivity contribution in [3.63, 3.8) is 0 Å². The molecule has 2 aromatic rings. The SMILES string of the molecule is CN(C)c1cc(O)ccc1-c1ccc(N)cc1. The minimum Gasteiger partial charge on any atom is -0.508 e. The first kappa shape index (κ1) is 11.3. The number of anilines is 2. The Morgan fingerprint density at radius 3 is 2.24 bits per heavy atom. The van der Waals surface area contributed by atoms with Crippen molar-refractivity contribution in [1.29, 1.82) is 0 Å². The fraction of sp³-hybridized carbons (Fsp3) is 0.143. The van der Waals surface area contributed by atoms with Gasteiger partial charge in [-0.05, 0) is 29.8 Å². The van der Waals surface area contributed by atoms with E-state index in [4.69, 9.17) is 5.73 Å². The van der Waals surface area contributed by atoms with Crippen LogP contribution in [0, 0.1) is 0 Å². The van der Waals surface area contributed by atoms with Gasteiger partial charge < -0.3 is 15.7 Å². The van der Waals surface area contributed by atoms with Gasteiger partial charge in [0, 0.05) is 37.1 Å². The molecule has 2 rings (SSSR count). The Bertz CT molecular complexity index is 518. The van der Waals surface area contributed by atoms with Gasteiger partial charge in [-0.25, -0.2) is 0 Å². The van der Waals surface area contributed by atoms with E-state index in [2.05, 4.69) is 0 Å². The topological polar surface area (TPSA) is 49.5 Å². The van der Waals surface area contributed by atoms with E-state index in [0.717, 1.165) is 22.5 Å². The lowest BCUT2D eigenvalue weighted by molar-refractivity contribution is 0.475. The second kappa shape index (κ2) is 4.37. The Balaban J connectivity index is 2.54. The number of hydrogen-bond acceptors (Lipinski definition) is 3. The van der Waals surface area contributed by atoms with Crippen molar-refractivity contribution in [3.05, 3.63) is 42.5 Å². The minimum atomic E-state index is 0.271. The lowest BCUT2D eigenvalue weighted by Gasteiger charge is -2.18. The van der Waals surface area contributed by atoms with E-state index >= 15 is 0 Å². The summed E-state index contributed by atoms with van der Waals surface area (Å²) in [4.78, 5) is 1.98. The fourth-order valence-corrected chi connectivity index (χ4v) is 1.80. The molecule has 0 aliphatic rings. The normalized spacial score (nSPS) is 10.2. The molecule has 0 unspecified atom stereocenters. The second-order valence-electron chi connectivity index (χ2n) is 4.22. The Morgan fingerprint density at radius 1 is 1.00 bits per heavy atom. The number of rotatable bonds is 2. The Hall–Kier alpha value is -2.16. The van der Waals surface area contributed by atoms with Crippen molar-refractivity contribution in [1.82, 2.24) is 0 Å². The zero-order valence-electron chi connectivity index (χ0n) is 10.0. The van der Waals surface area contributed by atoms with Gasteiger partial charge in [-0.3, -0.25) is 0 Å². The van der Waals surface area contributed by atoms with Crippen LogP contribution in [-0.2, 0) is 0 Å². The summed E-state index contributed by atoms with van der Waals surface area (Å²) in [5, 5.41) is 9.53. The third-order valence-corrected chi connectivity index (χ3v) is 2.68. The molecular weight excluding hydrogens is 212 g/mol. The Kier molecular flexibility index (Phi) is 2.91. The highest BCUT2D eigenvalue weighted by atomic mass is 16.3. The van der Waals surface area contributed by atoms with Crippen molar-refractivity contribution >= 4 is 11.4 Å². The number of hydrogen-bond donors (Lipinski definition) is 2. The highest BCUT2D eigenvalue weighted by Gasteiger charge is 2.07. The van der Waals surface area contributed by atoms with Crippen LogP contribution >= 0.6 is 0 Å². The van der Waals surface area contributed by atoms with Gasteiger partial charge in [-0.2, -0.15) is 0 Å². The van der Waals surface area contributed by atoms with Crippen molar-refractivity contribution in [3.8, 4) is 16.9 Å². The maximum atomic E-state index is 9.53. The third kappa shape index (κ3) is 2.33. The van der Waals surface area contributed by atoms with Gasteiger partial charge in [-0.1, -0.05) is 12.1 Å². The molecule has 0 saturated heterocycles. The molecule has 17 heavy (non-hydrogen) atoms. The van der Waals surface area contributed by atoms with Crippen LogP contribution in [0.4, 0.5) is 11.4 Å². The predicted octanol–water partition coefficient (Wildman–Crippen LogP) is 2.71. The summed E-state index contributed by atoms with van der Waals surface area (Å²) >= 11 is 0. The summed E-state index contributed by atoms with van der Waals surface area (Å²) in [7, 11) is 3.91. The first-order valence-electron chi connectivity index (χ1n) is 5.44. The smallest absolute Gasteiger partial charge is 0.117 e. The third-order valence-electron chi connectivity index (χ3n) is 2.68. The van der Waals surface area contributed by atoms with Gasteiger partial charge in [0.2, 0.25) is 0 Å². The predicted molar refractivity (Wildman–Crippen MR) is 72.3 cm³/mol. The van der Waals surface area contributed by atoms with Crippen LogP contribution in [0.15, 0.2) is 42.5 Å². The molecule has 3 N–H and O–H groups in total. The van der Waals surface area contributed by atoms with Crippen LogP contribution in [0.3, 0.4) is 0 Å². The monoisotopic (exact) mass is 228 g/mol. The largest absolute Gasteiger partial charge is 0.508 e. The summed E-state index contributed by atoms with van der Waals surface area (Å²) in [5.74, 6) is 0.271. The summed E-state index contributed by atoms with van der Waals surface area (Å²) < 4.78 is 0. The number of benzene rings is 2. The summed E-state index contributed by atoms with van der Waals surface area (Å²) in [6, 6.07) is 13.1. The molecule has 0 aliphatic heterocycles. The maximum absolute atomic E-state index is 9.53. The van der Waals surface area contributed by atoms with Gasteiger partial charge in [-0.15, -0.1) is 0 Å².